The molecule has 0 aliphatic heterocycles. The Labute approximate surface area is 96.9 Å². The summed E-state index contributed by atoms with van der Waals surface area (Å²) >= 11 is 1.90. The van der Waals surface area contributed by atoms with Crippen molar-refractivity contribution in [2.45, 2.75) is 32.9 Å². The highest BCUT2D eigenvalue weighted by Crippen LogP contribution is 2.04. The van der Waals surface area contributed by atoms with E-state index < -0.39 is 0 Å². The molecule has 1 unspecified atom stereocenters. The summed E-state index contributed by atoms with van der Waals surface area (Å²) in [5.74, 6) is 1.22. The molecule has 1 aromatic heterocycles. The van der Waals surface area contributed by atoms with E-state index in [1.54, 1.807) is 0 Å². The number of nitrogens with zero attached hydrogens (tertiary/aromatic N) is 1. The van der Waals surface area contributed by atoms with Crippen LogP contribution in [-0.2, 0) is 6.54 Å². The standard InChI is InChI=1S/C12H20N2S/c1-10-5-4-7-13-12(10)9-14-11(2)6-8-15-3/h4-5,7,11,14H,6,8-9H2,1-3H3. The molecule has 1 aromatic rings. The van der Waals surface area contributed by atoms with Crippen LogP contribution in [0.25, 0.3) is 0 Å². The van der Waals surface area contributed by atoms with Crippen molar-refractivity contribution in [3.05, 3.63) is 29.6 Å². The number of hydrogen-bond acceptors (Lipinski definition) is 3. The summed E-state index contributed by atoms with van der Waals surface area (Å²) in [5, 5.41) is 3.50. The fourth-order valence-electron chi connectivity index (χ4n) is 1.37. The minimum absolute atomic E-state index is 0.568. The Bertz CT molecular complexity index is 289. The van der Waals surface area contributed by atoms with Crippen molar-refractivity contribution in [3.63, 3.8) is 0 Å². The predicted octanol–water partition coefficient (Wildman–Crippen LogP) is 2.62. The lowest BCUT2D eigenvalue weighted by Gasteiger charge is -2.13. The van der Waals surface area contributed by atoms with E-state index in [9.17, 15) is 0 Å². The van der Waals surface area contributed by atoms with Gasteiger partial charge in [0.2, 0.25) is 0 Å². The van der Waals surface area contributed by atoms with Gasteiger partial charge in [0.05, 0.1) is 5.69 Å². The first-order valence-electron chi connectivity index (χ1n) is 5.37. The molecule has 0 aromatic carbocycles. The van der Waals surface area contributed by atoms with Crippen molar-refractivity contribution in [2.24, 2.45) is 0 Å². The van der Waals surface area contributed by atoms with Gasteiger partial charge in [0.1, 0.15) is 0 Å². The van der Waals surface area contributed by atoms with Gasteiger partial charge in [0, 0.05) is 18.8 Å². The molecule has 0 aliphatic rings. The first-order valence-corrected chi connectivity index (χ1v) is 6.76. The van der Waals surface area contributed by atoms with Gasteiger partial charge in [0.25, 0.3) is 0 Å². The van der Waals surface area contributed by atoms with Crippen molar-refractivity contribution in [3.8, 4) is 0 Å². The lowest BCUT2D eigenvalue weighted by Crippen LogP contribution is -2.26. The first kappa shape index (κ1) is 12.5. The third kappa shape index (κ3) is 4.67. The van der Waals surface area contributed by atoms with E-state index in [-0.39, 0.29) is 0 Å². The smallest absolute Gasteiger partial charge is 0.0570 e. The van der Waals surface area contributed by atoms with Crippen LogP contribution in [0.5, 0.6) is 0 Å². The van der Waals surface area contributed by atoms with E-state index >= 15 is 0 Å². The van der Waals surface area contributed by atoms with Gasteiger partial charge in [-0.2, -0.15) is 11.8 Å². The zero-order valence-electron chi connectivity index (χ0n) is 9.79. The van der Waals surface area contributed by atoms with Crippen molar-refractivity contribution in [2.75, 3.05) is 12.0 Å². The van der Waals surface area contributed by atoms with Gasteiger partial charge < -0.3 is 5.32 Å². The van der Waals surface area contributed by atoms with Gasteiger partial charge >= 0.3 is 0 Å². The average molecular weight is 224 g/mol. The summed E-state index contributed by atoms with van der Waals surface area (Å²) in [6, 6.07) is 4.66. The molecule has 1 heterocycles. The molecule has 0 bridgehead atoms. The summed E-state index contributed by atoms with van der Waals surface area (Å²) in [7, 11) is 0. The maximum Gasteiger partial charge on any atom is 0.0570 e. The Hall–Kier alpha value is -0.540. The fraction of sp³-hybridized carbons (Fsp3) is 0.583. The zero-order chi connectivity index (χ0) is 11.1. The predicted molar refractivity (Wildman–Crippen MR) is 68.3 cm³/mol. The molecule has 0 aliphatic carbocycles. The number of hydrogen-bond donors (Lipinski definition) is 1. The Morgan fingerprint density at radius 1 is 1.53 bits per heavy atom. The Kier molecular flexibility index (Phi) is 5.73. The van der Waals surface area contributed by atoms with Crippen LogP contribution in [-0.4, -0.2) is 23.0 Å². The lowest BCUT2D eigenvalue weighted by molar-refractivity contribution is 0.531. The molecule has 1 rings (SSSR count). The van der Waals surface area contributed by atoms with Gasteiger partial charge in [-0.05, 0) is 43.9 Å². The van der Waals surface area contributed by atoms with Crippen LogP contribution in [0, 0.1) is 6.92 Å². The summed E-state index contributed by atoms with van der Waals surface area (Å²) < 4.78 is 0. The largest absolute Gasteiger partial charge is 0.309 e. The van der Waals surface area contributed by atoms with E-state index in [1.807, 2.05) is 24.0 Å². The highest BCUT2D eigenvalue weighted by Gasteiger charge is 2.02. The topological polar surface area (TPSA) is 24.9 Å². The van der Waals surface area contributed by atoms with Crippen molar-refractivity contribution in [1.82, 2.24) is 10.3 Å². The molecule has 0 saturated carbocycles. The van der Waals surface area contributed by atoms with Crippen LogP contribution >= 0.6 is 11.8 Å². The summed E-state index contributed by atoms with van der Waals surface area (Å²) in [6.07, 6.45) is 5.22. The van der Waals surface area contributed by atoms with Crippen LogP contribution in [0.3, 0.4) is 0 Å². The number of aromatic nitrogens is 1. The average Bonchev–Trinajstić information content (AvgIpc) is 2.25. The third-order valence-corrected chi connectivity index (χ3v) is 3.13. The molecule has 0 radical (unpaired) electrons. The fourth-order valence-corrected chi connectivity index (χ4v) is 1.96. The van der Waals surface area contributed by atoms with E-state index in [2.05, 4.69) is 36.5 Å². The van der Waals surface area contributed by atoms with Gasteiger partial charge in [-0.25, -0.2) is 0 Å². The van der Waals surface area contributed by atoms with Crippen LogP contribution in [0.1, 0.15) is 24.6 Å². The maximum absolute atomic E-state index is 4.36. The van der Waals surface area contributed by atoms with Crippen LogP contribution < -0.4 is 5.32 Å². The Morgan fingerprint density at radius 3 is 3.00 bits per heavy atom. The molecule has 3 heteroatoms. The molecule has 2 nitrogen and oxygen atoms in total. The quantitative estimate of drug-likeness (QED) is 0.804. The lowest BCUT2D eigenvalue weighted by atomic mass is 10.2. The van der Waals surface area contributed by atoms with Crippen molar-refractivity contribution >= 4 is 11.8 Å². The van der Waals surface area contributed by atoms with Gasteiger partial charge in [-0.1, -0.05) is 6.07 Å². The van der Waals surface area contributed by atoms with Gasteiger partial charge in [-0.3, -0.25) is 4.98 Å². The second-order valence-corrected chi connectivity index (χ2v) is 4.82. The Morgan fingerprint density at radius 2 is 2.33 bits per heavy atom. The molecule has 1 atom stereocenters. The number of rotatable bonds is 6. The number of pyridine rings is 1. The van der Waals surface area contributed by atoms with Crippen LogP contribution in [0.2, 0.25) is 0 Å². The van der Waals surface area contributed by atoms with Gasteiger partial charge in [-0.15, -0.1) is 0 Å². The van der Waals surface area contributed by atoms with Crippen molar-refractivity contribution < 1.29 is 0 Å². The molecule has 84 valence electrons. The molecule has 0 amide bonds. The van der Waals surface area contributed by atoms with Gasteiger partial charge in [0.15, 0.2) is 0 Å². The molecule has 0 saturated heterocycles. The Balaban J connectivity index is 2.33. The minimum Gasteiger partial charge on any atom is -0.309 e. The molecule has 1 N–H and O–H groups in total. The monoisotopic (exact) mass is 224 g/mol. The number of aryl methyl sites for hydroxylation is 1. The molecular formula is C12H20N2S. The van der Waals surface area contributed by atoms with E-state index in [0.29, 0.717) is 6.04 Å². The van der Waals surface area contributed by atoms with E-state index in [4.69, 9.17) is 0 Å². The third-order valence-electron chi connectivity index (χ3n) is 2.49. The normalized spacial score (nSPS) is 12.7. The highest BCUT2D eigenvalue weighted by molar-refractivity contribution is 7.98. The molecule has 0 spiro atoms. The summed E-state index contributed by atoms with van der Waals surface area (Å²) in [4.78, 5) is 4.36. The molecular weight excluding hydrogens is 204 g/mol. The second-order valence-electron chi connectivity index (χ2n) is 3.83. The number of thioether (sulfide) groups is 1. The second kappa shape index (κ2) is 6.85. The number of nitrogens with one attached hydrogen (secondary N) is 1. The zero-order valence-corrected chi connectivity index (χ0v) is 10.6. The van der Waals surface area contributed by atoms with Crippen molar-refractivity contribution in [1.29, 1.82) is 0 Å². The van der Waals surface area contributed by atoms with E-state index in [0.717, 1.165) is 12.2 Å². The molecule has 15 heavy (non-hydrogen) atoms. The summed E-state index contributed by atoms with van der Waals surface area (Å²) in [5.41, 5.74) is 2.43. The van der Waals surface area contributed by atoms with Crippen LogP contribution in [0.15, 0.2) is 18.3 Å². The first-order chi connectivity index (χ1) is 7.24. The SMILES string of the molecule is CSCCC(C)NCc1ncccc1C. The summed E-state index contributed by atoms with van der Waals surface area (Å²) in [6.45, 7) is 5.22. The molecule has 0 fully saturated rings. The minimum atomic E-state index is 0.568. The highest BCUT2D eigenvalue weighted by atomic mass is 32.2. The van der Waals surface area contributed by atoms with E-state index in [1.165, 1.54) is 17.7 Å². The maximum atomic E-state index is 4.36. The van der Waals surface area contributed by atoms with Crippen LogP contribution in [0.4, 0.5) is 0 Å².